The fourth-order valence-corrected chi connectivity index (χ4v) is 3.82. The predicted molar refractivity (Wildman–Crippen MR) is 115 cm³/mol. The molecule has 0 aliphatic heterocycles. The van der Waals surface area contributed by atoms with Gasteiger partial charge in [0.1, 0.15) is 17.7 Å². The van der Waals surface area contributed by atoms with Crippen LogP contribution in [0.3, 0.4) is 0 Å². The Kier molecular flexibility index (Phi) is 5.13. The highest BCUT2D eigenvalue weighted by molar-refractivity contribution is 5.65. The van der Waals surface area contributed by atoms with Crippen LogP contribution in [-0.4, -0.2) is 41.4 Å². The summed E-state index contributed by atoms with van der Waals surface area (Å²) in [7, 11) is 0. The van der Waals surface area contributed by atoms with Crippen LogP contribution in [0.1, 0.15) is 25.7 Å². The second kappa shape index (κ2) is 8.23. The topological polar surface area (TPSA) is 119 Å². The maximum absolute atomic E-state index is 14.7. The van der Waals surface area contributed by atoms with Gasteiger partial charge in [-0.2, -0.15) is 0 Å². The van der Waals surface area contributed by atoms with Crippen LogP contribution in [0.25, 0.3) is 17.0 Å². The van der Waals surface area contributed by atoms with Crippen molar-refractivity contribution >= 4 is 23.0 Å². The molecule has 158 valence electrons. The van der Waals surface area contributed by atoms with Crippen LogP contribution in [-0.2, 0) is 0 Å². The minimum atomic E-state index is -0.507. The fraction of sp³-hybridized carbons (Fsp3) is 0.286. The molecule has 4 aromatic rings. The number of aromatic nitrogens is 6. The summed E-state index contributed by atoms with van der Waals surface area (Å²) in [6.07, 6.45) is 13.3. The van der Waals surface area contributed by atoms with Crippen LogP contribution >= 0.6 is 0 Å². The molecule has 0 radical (unpaired) electrons. The van der Waals surface area contributed by atoms with Crippen molar-refractivity contribution < 1.29 is 4.39 Å². The molecule has 0 aromatic carbocycles. The number of imidazole rings is 1. The smallest absolute Gasteiger partial charge is 0.223 e. The van der Waals surface area contributed by atoms with Gasteiger partial charge in [0.05, 0.1) is 41.9 Å². The Morgan fingerprint density at radius 3 is 2.58 bits per heavy atom. The number of hydrogen-bond donors (Lipinski definition) is 3. The molecular weight excluding hydrogens is 397 g/mol. The van der Waals surface area contributed by atoms with Crippen molar-refractivity contribution in [3.8, 4) is 11.4 Å². The fourth-order valence-electron chi connectivity index (χ4n) is 3.82. The Hall–Kier alpha value is -3.66. The van der Waals surface area contributed by atoms with Gasteiger partial charge in [0.25, 0.3) is 0 Å². The summed E-state index contributed by atoms with van der Waals surface area (Å²) in [4.78, 5) is 21.0. The molecule has 10 heteroatoms. The molecule has 0 atom stereocenters. The maximum atomic E-state index is 14.7. The standard InChI is InChI=1S/C21H22FN9/c22-17-9-27-21(29-14-3-1-13(23)2-4-14)30-20(17)18-10-26-19-6-5-15(11-31(18)19)28-16-7-24-12-25-8-16/h5-14,28H,1-4,23H2,(H,27,29,30). The Morgan fingerprint density at radius 1 is 0.968 bits per heavy atom. The Balaban J connectivity index is 1.45. The van der Waals surface area contributed by atoms with E-state index in [-0.39, 0.29) is 17.8 Å². The minimum absolute atomic E-state index is 0.192. The maximum Gasteiger partial charge on any atom is 0.223 e. The van der Waals surface area contributed by atoms with Crippen LogP contribution in [0, 0.1) is 5.82 Å². The summed E-state index contributed by atoms with van der Waals surface area (Å²) in [5, 5.41) is 6.55. The average molecular weight is 419 g/mol. The highest BCUT2D eigenvalue weighted by Gasteiger charge is 2.20. The zero-order valence-corrected chi connectivity index (χ0v) is 16.7. The number of pyridine rings is 1. The van der Waals surface area contributed by atoms with E-state index in [1.165, 1.54) is 12.5 Å². The SMILES string of the molecule is NC1CCC(Nc2ncc(F)c(-c3cnc4ccc(Nc5cncnc5)cn34)n2)CC1. The van der Waals surface area contributed by atoms with Crippen LogP contribution < -0.4 is 16.4 Å². The zero-order chi connectivity index (χ0) is 21.2. The van der Waals surface area contributed by atoms with Gasteiger partial charge in [-0.1, -0.05) is 0 Å². The number of rotatable bonds is 5. The molecule has 5 rings (SSSR count). The second-order valence-corrected chi connectivity index (χ2v) is 7.69. The lowest BCUT2D eigenvalue weighted by molar-refractivity contribution is 0.409. The van der Waals surface area contributed by atoms with E-state index in [0.717, 1.165) is 37.1 Å². The third-order valence-electron chi connectivity index (χ3n) is 5.45. The van der Waals surface area contributed by atoms with Gasteiger partial charge in [0.15, 0.2) is 5.82 Å². The second-order valence-electron chi connectivity index (χ2n) is 7.69. The number of anilines is 3. The molecule has 0 bridgehead atoms. The molecule has 4 aromatic heterocycles. The number of hydrogen-bond acceptors (Lipinski definition) is 8. The van der Waals surface area contributed by atoms with Gasteiger partial charge in [0, 0.05) is 18.3 Å². The number of nitrogens with zero attached hydrogens (tertiary/aromatic N) is 6. The van der Waals surface area contributed by atoms with Crippen molar-refractivity contribution in [2.75, 3.05) is 10.6 Å². The van der Waals surface area contributed by atoms with Crippen molar-refractivity contribution in [1.82, 2.24) is 29.3 Å². The van der Waals surface area contributed by atoms with Gasteiger partial charge in [-0.15, -0.1) is 0 Å². The first-order chi connectivity index (χ1) is 15.2. The predicted octanol–water partition coefficient (Wildman–Crippen LogP) is 3.15. The lowest BCUT2D eigenvalue weighted by atomic mass is 9.92. The van der Waals surface area contributed by atoms with E-state index in [0.29, 0.717) is 17.3 Å². The highest BCUT2D eigenvalue weighted by atomic mass is 19.1. The van der Waals surface area contributed by atoms with E-state index >= 15 is 0 Å². The third kappa shape index (κ3) is 4.15. The summed E-state index contributed by atoms with van der Waals surface area (Å²) >= 11 is 0. The van der Waals surface area contributed by atoms with E-state index in [4.69, 9.17) is 5.73 Å². The van der Waals surface area contributed by atoms with Gasteiger partial charge < -0.3 is 16.4 Å². The Labute approximate surface area is 178 Å². The van der Waals surface area contributed by atoms with E-state index in [1.807, 2.05) is 18.3 Å². The monoisotopic (exact) mass is 419 g/mol. The summed E-state index contributed by atoms with van der Waals surface area (Å²) in [6, 6.07) is 4.23. The molecule has 1 aliphatic carbocycles. The molecule has 1 fully saturated rings. The first-order valence-corrected chi connectivity index (χ1v) is 10.2. The highest BCUT2D eigenvalue weighted by Crippen LogP contribution is 2.26. The molecule has 0 amide bonds. The minimum Gasteiger partial charge on any atom is -0.352 e. The van der Waals surface area contributed by atoms with Gasteiger partial charge in [-0.25, -0.2) is 29.3 Å². The number of nitrogens with two attached hydrogens (primary N) is 1. The van der Waals surface area contributed by atoms with Crippen molar-refractivity contribution in [1.29, 1.82) is 0 Å². The molecule has 1 aliphatic rings. The number of fused-ring (bicyclic) bond motifs is 1. The van der Waals surface area contributed by atoms with Gasteiger partial charge >= 0.3 is 0 Å². The zero-order valence-electron chi connectivity index (χ0n) is 16.7. The van der Waals surface area contributed by atoms with E-state index < -0.39 is 5.82 Å². The molecule has 0 saturated heterocycles. The van der Waals surface area contributed by atoms with Crippen molar-refractivity contribution in [3.05, 3.63) is 55.3 Å². The molecule has 1 saturated carbocycles. The molecule has 4 N–H and O–H groups in total. The number of halogens is 1. The first kappa shape index (κ1) is 19.3. The van der Waals surface area contributed by atoms with Crippen molar-refractivity contribution in [2.45, 2.75) is 37.8 Å². The van der Waals surface area contributed by atoms with Crippen molar-refractivity contribution in [2.24, 2.45) is 5.73 Å². The third-order valence-corrected chi connectivity index (χ3v) is 5.45. The average Bonchev–Trinajstić information content (AvgIpc) is 3.20. The Morgan fingerprint density at radius 2 is 1.77 bits per heavy atom. The van der Waals surface area contributed by atoms with E-state index in [2.05, 4.69) is 35.6 Å². The lowest BCUT2D eigenvalue weighted by Crippen LogP contribution is -2.33. The van der Waals surface area contributed by atoms with Crippen LogP contribution in [0.2, 0.25) is 0 Å². The van der Waals surface area contributed by atoms with Crippen LogP contribution in [0.15, 0.2) is 49.4 Å². The molecule has 31 heavy (non-hydrogen) atoms. The molecular formula is C21H22FN9. The lowest BCUT2D eigenvalue weighted by Gasteiger charge is -2.26. The van der Waals surface area contributed by atoms with Gasteiger partial charge in [-0.05, 0) is 37.8 Å². The molecule has 0 spiro atoms. The molecule has 4 heterocycles. The summed E-state index contributed by atoms with van der Waals surface area (Å²) in [5.74, 6) is -0.102. The van der Waals surface area contributed by atoms with Gasteiger partial charge in [-0.3, -0.25) is 4.40 Å². The molecule has 9 nitrogen and oxygen atoms in total. The molecule has 0 unspecified atom stereocenters. The normalized spacial score (nSPS) is 18.8. The number of nitrogens with one attached hydrogen (secondary N) is 2. The summed E-state index contributed by atoms with van der Waals surface area (Å²) < 4.78 is 16.5. The Bertz CT molecular complexity index is 1190. The summed E-state index contributed by atoms with van der Waals surface area (Å²) in [5.41, 5.74) is 8.92. The van der Waals surface area contributed by atoms with Crippen LogP contribution in [0.4, 0.5) is 21.7 Å². The summed E-state index contributed by atoms with van der Waals surface area (Å²) in [6.45, 7) is 0. The van der Waals surface area contributed by atoms with Crippen LogP contribution in [0.5, 0.6) is 0 Å². The first-order valence-electron chi connectivity index (χ1n) is 10.2. The van der Waals surface area contributed by atoms with E-state index in [9.17, 15) is 4.39 Å². The van der Waals surface area contributed by atoms with Crippen molar-refractivity contribution in [3.63, 3.8) is 0 Å². The van der Waals surface area contributed by atoms with E-state index in [1.54, 1.807) is 23.0 Å². The largest absolute Gasteiger partial charge is 0.352 e. The van der Waals surface area contributed by atoms with Gasteiger partial charge in [0.2, 0.25) is 5.95 Å². The quantitative estimate of drug-likeness (QED) is 0.451.